The average Bonchev–Trinajstić information content (AvgIpc) is 3.03. The number of pyridine rings is 2. The van der Waals surface area contributed by atoms with E-state index in [1.54, 1.807) is 18.6 Å². The molecular formula is C16H9N5. The third-order valence-electron chi connectivity index (χ3n) is 3.80. The van der Waals surface area contributed by atoms with E-state index >= 15 is 0 Å². The summed E-state index contributed by atoms with van der Waals surface area (Å²) in [5.41, 5.74) is 4.71. The Labute approximate surface area is 118 Å². The van der Waals surface area contributed by atoms with Gasteiger partial charge < -0.3 is 0 Å². The highest BCUT2D eigenvalue weighted by Gasteiger charge is 2.11. The number of aromatic nitrogens is 5. The van der Waals surface area contributed by atoms with E-state index in [9.17, 15) is 0 Å². The second kappa shape index (κ2) is 3.73. The molecule has 5 nitrogen and oxygen atoms in total. The van der Waals surface area contributed by atoms with Crippen LogP contribution in [0, 0.1) is 0 Å². The molecule has 0 aliphatic carbocycles. The van der Waals surface area contributed by atoms with Crippen LogP contribution in [0.5, 0.6) is 0 Å². The zero-order valence-corrected chi connectivity index (χ0v) is 10.9. The van der Waals surface area contributed by atoms with E-state index in [4.69, 9.17) is 0 Å². The van der Waals surface area contributed by atoms with Crippen molar-refractivity contribution in [1.82, 2.24) is 24.6 Å². The number of hydrogen-bond acceptors (Lipinski definition) is 4. The van der Waals surface area contributed by atoms with Crippen LogP contribution < -0.4 is 0 Å². The summed E-state index contributed by atoms with van der Waals surface area (Å²) in [6, 6.07) is 10.1. The SMILES string of the molecule is c1cnc2c(c1)c1cc3nccnc3cc1n1nccc21. The van der Waals surface area contributed by atoms with Crippen LogP contribution >= 0.6 is 0 Å². The van der Waals surface area contributed by atoms with Gasteiger partial charge in [-0.1, -0.05) is 6.07 Å². The Morgan fingerprint density at radius 3 is 2.48 bits per heavy atom. The normalized spacial score (nSPS) is 11.8. The Morgan fingerprint density at radius 2 is 1.57 bits per heavy atom. The molecule has 0 radical (unpaired) electrons. The standard InChI is InChI=1S/C16H9N5/c1-2-10-11-8-12-13(18-7-6-17-12)9-15(11)21-14(3-5-20-21)16(10)19-4-1/h1-9H. The first-order valence-corrected chi connectivity index (χ1v) is 6.67. The first-order chi connectivity index (χ1) is 10.4. The number of fused-ring (bicyclic) bond motifs is 7. The third kappa shape index (κ3) is 1.34. The molecule has 0 atom stereocenters. The largest absolute Gasteiger partial charge is 0.254 e. The van der Waals surface area contributed by atoms with E-state index < -0.39 is 0 Å². The van der Waals surface area contributed by atoms with Gasteiger partial charge in [-0.25, -0.2) is 4.52 Å². The van der Waals surface area contributed by atoms with E-state index in [-0.39, 0.29) is 0 Å². The Bertz CT molecular complexity index is 1140. The molecule has 0 aliphatic heterocycles. The van der Waals surface area contributed by atoms with Gasteiger partial charge in [0.25, 0.3) is 0 Å². The van der Waals surface area contributed by atoms with Gasteiger partial charge in [-0.3, -0.25) is 15.0 Å². The summed E-state index contributed by atoms with van der Waals surface area (Å²) in [6.45, 7) is 0. The summed E-state index contributed by atoms with van der Waals surface area (Å²) < 4.78 is 1.92. The highest BCUT2D eigenvalue weighted by molar-refractivity contribution is 6.13. The van der Waals surface area contributed by atoms with Crippen LogP contribution in [-0.2, 0) is 0 Å². The molecule has 4 heterocycles. The summed E-state index contributed by atoms with van der Waals surface area (Å²) in [5.74, 6) is 0. The minimum Gasteiger partial charge on any atom is -0.254 e. The molecule has 0 fully saturated rings. The molecule has 21 heavy (non-hydrogen) atoms. The zero-order chi connectivity index (χ0) is 13.8. The summed E-state index contributed by atoms with van der Waals surface area (Å²) >= 11 is 0. The minimum absolute atomic E-state index is 0.866. The van der Waals surface area contributed by atoms with Gasteiger partial charge in [0.05, 0.1) is 33.8 Å². The fourth-order valence-corrected chi connectivity index (χ4v) is 2.89. The van der Waals surface area contributed by atoms with Crippen LogP contribution in [0.4, 0.5) is 0 Å². The van der Waals surface area contributed by atoms with Gasteiger partial charge in [-0.05, 0) is 24.3 Å². The number of rotatable bonds is 0. The van der Waals surface area contributed by atoms with Gasteiger partial charge in [-0.2, -0.15) is 5.10 Å². The molecule has 4 aromatic heterocycles. The quantitative estimate of drug-likeness (QED) is 0.321. The predicted molar refractivity (Wildman–Crippen MR) is 81.1 cm³/mol. The molecule has 0 N–H and O–H groups in total. The Hall–Kier alpha value is -3.08. The maximum atomic E-state index is 4.51. The highest BCUT2D eigenvalue weighted by Crippen LogP contribution is 2.29. The molecule has 5 aromatic rings. The molecule has 5 heteroatoms. The highest BCUT2D eigenvalue weighted by atomic mass is 15.2. The molecule has 0 spiro atoms. The maximum Gasteiger partial charge on any atom is 0.0966 e. The van der Waals surface area contributed by atoms with E-state index in [1.807, 2.05) is 28.9 Å². The van der Waals surface area contributed by atoms with Crippen LogP contribution in [0.3, 0.4) is 0 Å². The molecule has 0 saturated heterocycles. The predicted octanol–water partition coefficient (Wildman–Crippen LogP) is 2.98. The van der Waals surface area contributed by atoms with Crippen molar-refractivity contribution in [1.29, 1.82) is 0 Å². The molecule has 0 aliphatic rings. The lowest BCUT2D eigenvalue weighted by Crippen LogP contribution is -1.95. The molecule has 0 saturated carbocycles. The van der Waals surface area contributed by atoms with Crippen LogP contribution in [0.25, 0.3) is 38.4 Å². The topological polar surface area (TPSA) is 56.0 Å². The summed E-state index contributed by atoms with van der Waals surface area (Å²) in [7, 11) is 0. The Morgan fingerprint density at radius 1 is 0.714 bits per heavy atom. The van der Waals surface area contributed by atoms with Crippen LogP contribution in [0.15, 0.2) is 55.1 Å². The molecule has 0 bridgehead atoms. The summed E-state index contributed by atoms with van der Waals surface area (Å²) in [5, 5.41) is 6.62. The Balaban J connectivity index is 2.18. The second-order valence-electron chi connectivity index (χ2n) is 4.94. The van der Waals surface area contributed by atoms with Crippen molar-refractivity contribution in [2.75, 3.05) is 0 Å². The maximum absolute atomic E-state index is 4.51. The fourth-order valence-electron chi connectivity index (χ4n) is 2.89. The van der Waals surface area contributed by atoms with Crippen molar-refractivity contribution in [3.63, 3.8) is 0 Å². The van der Waals surface area contributed by atoms with Crippen LogP contribution in [0.2, 0.25) is 0 Å². The van der Waals surface area contributed by atoms with Crippen molar-refractivity contribution < 1.29 is 0 Å². The summed E-state index contributed by atoms with van der Waals surface area (Å²) in [6.07, 6.45) is 7.02. The number of benzene rings is 1. The monoisotopic (exact) mass is 271 g/mol. The van der Waals surface area contributed by atoms with Crippen molar-refractivity contribution in [2.24, 2.45) is 0 Å². The van der Waals surface area contributed by atoms with E-state index in [0.29, 0.717) is 0 Å². The lowest BCUT2D eigenvalue weighted by Gasteiger charge is -2.08. The van der Waals surface area contributed by atoms with Gasteiger partial charge >= 0.3 is 0 Å². The second-order valence-corrected chi connectivity index (χ2v) is 4.94. The number of nitrogens with zero attached hydrogens (tertiary/aromatic N) is 5. The van der Waals surface area contributed by atoms with Crippen molar-refractivity contribution in [3.05, 3.63) is 55.1 Å². The van der Waals surface area contributed by atoms with Gasteiger partial charge in [0, 0.05) is 29.4 Å². The first kappa shape index (κ1) is 10.7. The molecular weight excluding hydrogens is 262 g/mol. The lowest BCUT2D eigenvalue weighted by molar-refractivity contribution is 1.01. The van der Waals surface area contributed by atoms with Gasteiger partial charge in [0.2, 0.25) is 0 Å². The fraction of sp³-hybridized carbons (Fsp3) is 0. The van der Waals surface area contributed by atoms with E-state index in [2.05, 4.69) is 32.2 Å². The third-order valence-corrected chi connectivity index (χ3v) is 3.80. The van der Waals surface area contributed by atoms with Crippen molar-refractivity contribution in [3.8, 4) is 0 Å². The average molecular weight is 271 g/mol. The molecule has 0 unspecified atom stereocenters. The van der Waals surface area contributed by atoms with Gasteiger partial charge in [-0.15, -0.1) is 0 Å². The molecule has 5 rings (SSSR count). The lowest BCUT2D eigenvalue weighted by atomic mass is 10.1. The molecule has 0 amide bonds. The van der Waals surface area contributed by atoms with E-state index in [1.165, 1.54) is 0 Å². The van der Waals surface area contributed by atoms with Crippen LogP contribution in [0.1, 0.15) is 0 Å². The zero-order valence-electron chi connectivity index (χ0n) is 10.9. The first-order valence-electron chi connectivity index (χ1n) is 6.67. The van der Waals surface area contributed by atoms with Gasteiger partial charge in [0.1, 0.15) is 0 Å². The van der Waals surface area contributed by atoms with Gasteiger partial charge in [0.15, 0.2) is 0 Å². The molecule has 1 aromatic carbocycles. The Kier molecular flexibility index (Phi) is 1.90. The minimum atomic E-state index is 0.866. The van der Waals surface area contributed by atoms with E-state index in [0.717, 1.165) is 38.4 Å². The molecule has 98 valence electrons. The smallest absolute Gasteiger partial charge is 0.0966 e. The number of hydrogen-bond donors (Lipinski definition) is 0. The van der Waals surface area contributed by atoms with Crippen molar-refractivity contribution in [2.45, 2.75) is 0 Å². The summed E-state index contributed by atoms with van der Waals surface area (Å²) in [4.78, 5) is 13.3. The van der Waals surface area contributed by atoms with Crippen LogP contribution in [-0.4, -0.2) is 24.6 Å². The van der Waals surface area contributed by atoms with Crippen molar-refractivity contribution >= 4 is 38.4 Å².